The zero-order chi connectivity index (χ0) is 18.6. The van der Waals surface area contributed by atoms with Crippen molar-refractivity contribution in [2.45, 2.75) is 0 Å². The summed E-state index contributed by atoms with van der Waals surface area (Å²) < 4.78 is 10.6. The SMILES string of the molecule is COc1cc(C(=O)Nc2nc(-c3ccco3)c(-c3ccncc3)s2)ccn1. The van der Waals surface area contributed by atoms with Crippen molar-refractivity contribution in [2.24, 2.45) is 0 Å². The van der Waals surface area contributed by atoms with Crippen LogP contribution in [0.2, 0.25) is 0 Å². The molecule has 27 heavy (non-hydrogen) atoms. The second kappa shape index (κ2) is 7.38. The van der Waals surface area contributed by atoms with E-state index < -0.39 is 0 Å². The molecule has 134 valence electrons. The molecular weight excluding hydrogens is 364 g/mol. The Morgan fingerprint density at radius 3 is 2.78 bits per heavy atom. The molecule has 0 aliphatic heterocycles. The highest BCUT2D eigenvalue weighted by molar-refractivity contribution is 7.19. The predicted octanol–water partition coefficient (Wildman–Crippen LogP) is 4.12. The third kappa shape index (κ3) is 3.56. The zero-order valence-electron chi connectivity index (χ0n) is 14.2. The van der Waals surface area contributed by atoms with E-state index in [1.165, 1.54) is 24.6 Å². The quantitative estimate of drug-likeness (QED) is 0.562. The van der Waals surface area contributed by atoms with Crippen LogP contribution in [0.15, 0.2) is 65.7 Å². The van der Waals surface area contributed by atoms with Crippen molar-refractivity contribution in [1.82, 2.24) is 15.0 Å². The Morgan fingerprint density at radius 1 is 1.19 bits per heavy atom. The number of anilines is 1. The first kappa shape index (κ1) is 16.9. The summed E-state index contributed by atoms with van der Waals surface area (Å²) in [5.74, 6) is 0.705. The normalized spacial score (nSPS) is 10.6. The Morgan fingerprint density at radius 2 is 2.04 bits per heavy atom. The molecule has 1 N–H and O–H groups in total. The first-order valence-corrected chi connectivity index (χ1v) is 8.83. The Kier molecular flexibility index (Phi) is 4.63. The number of methoxy groups -OCH3 is 1. The number of nitrogens with one attached hydrogen (secondary N) is 1. The molecular formula is C19H14N4O3S. The van der Waals surface area contributed by atoms with Gasteiger partial charge >= 0.3 is 0 Å². The number of furan rings is 1. The van der Waals surface area contributed by atoms with Gasteiger partial charge in [-0.25, -0.2) is 9.97 Å². The molecule has 0 aromatic carbocycles. The van der Waals surface area contributed by atoms with Crippen LogP contribution < -0.4 is 10.1 Å². The summed E-state index contributed by atoms with van der Waals surface area (Å²) in [5, 5.41) is 3.30. The van der Waals surface area contributed by atoms with E-state index in [2.05, 4.69) is 20.3 Å². The molecule has 0 saturated carbocycles. The third-order valence-electron chi connectivity index (χ3n) is 3.75. The van der Waals surface area contributed by atoms with Gasteiger partial charge < -0.3 is 9.15 Å². The van der Waals surface area contributed by atoms with Crippen molar-refractivity contribution >= 4 is 22.4 Å². The van der Waals surface area contributed by atoms with E-state index in [-0.39, 0.29) is 5.91 Å². The van der Waals surface area contributed by atoms with Crippen LogP contribution in [-0.4, -0.2) is 28.0 Å². The van der Waals surface area contributed by atoms with E-state index in [9.17, 15) is 4.79 Å². The van der Waals surface area contributed by atoms with Crippen molar-refractivity contribution in [3.05, 3.63) is 66.8 Å². The number of hydrogen-bond donors (Lipinski definition) is 1. The van der Waals surface area contributed by atoms with Crippen molar-refractivity contribution in [3.8, 4) is 27.8 Å². The average Bonchev–Trinajstić information content (AvgIpc) is 3.38. The Labute approximate surface area is 158 Å². The van der Waals surface area contributed by atoms with E-state index in [0.29, 0.717) is 28.0 Å². The van der Waals surface area contributed by atoms with Crippen molar-refractivity contribution < 1.29 is 13.9 Å². The number of thiazole rings is 1. The summed E-state index contributed by atoms with van der Waals surface area (Å²) in [6, 6.07) is 10.6. The molecule has 4 aromatic heterocycles. The van der Waals surface area contributed by atoms with E-state index >= 15 is 0 Å². The van der Waals surface area contributed by atoms with E-state index in [1.807, 2.05) is 18.2 Å². The van der Waals surface area contributed by atoms with Gasteiger partial charge in [0.25, 0.3) is 5.91 Å². The average molecular weight is 378 g/mol. The molecule has 8 heteroatoms. The number of carbonyl (C=O) groups is 1. The van der Waals surface area contributed by atoms with Crippen molar-refractivity contribution in [3.63, 3.8) is 0 Å². The molecule has 0 fully saturated rings. The lowest BCUT2D eigenvalue weighted by Crippen LogP contribution is -2.12. The highest BCUT2D eigenvalue weighted by Crippen LogP contribution is 2.39. The Bertz CT molecular complexity index is 1060. The fraction of sp³-hybridized carbons (Fsp3) is 0.0526. The second-order valence-electron chi connectivity index (χ2n) is 5.45. The lowest BCUT2D eigenvalue weighted by atomic mass is 10.2. The molecule has 0 radical (unpaired) electrons. The van der Waals surface area contributed by atoms with Gasteiger partial charge in [0.05, 0.1) is 18.3 Å². The zero-order valence-corrected chi connectivity index (χ0v) is 15.1. The topological polar surface area (TPSA) is 90.1 Å². The van der Waals surface area contributed by atoms with Crippen LogP contribution in [0, 0.1) is 0 Å². The first-order chi connectivity index (χ1) is 13.2. The third-order valence-corrected chi connectivity index (χ3v) is 4.77. The number of aromatic nitrogens is 3. The van der Waals surface area contributed by atoms with Crippen molar-refractivity contribution in [2.75, 3.05) is 12.4 Å². The number of amides is 1. The number of hydrogen-bond acceptors (Lipinski definition) is 7. The van der Waals surface area contributed by atoms with Gasteiger partial charge in [0.2, 0.25) is 5.88 Å². The predicted molar refractivity (Wildman–Crippen MR) is 102 cm³/mol. The summed E-state index contributed by atoms with van der Waals surface area (Å²) in [6.07, 6.45) is 6.53. The summed E-state index contributed by atoms with van der Waals surface area (Å²) in [6.45, 7) is 0. The highest BCUT2D eigenvalue weighted by atomic mass is 32.1. The maximum atomic E-state index is 12.6. The number of carbonyl (C=O) groups excluding carboxylic acids is 1. The molecule has 0 aliphatic rings. The number of nitrogens with zero attached hydrogens (tertiary/aromatic N) is 3. The van der Waals surface area contributed by atoms with Gasteiger partial charge in [-0.05, 0) is 35.9 Å². The number of ether oxygens (including phenoxy) is 1. The standard InChI is InChI=1S/C19H14N4O3S/c1-25-15-11-13(6-9-21-15)18(24)23-19-22-16(14-3-2-10-26-14)17(27-19)12-4-7-20-8-5-12/h2-11H,1H3,(H,22,23,24). The van der Waals surface area contributed by atoms with E-state index in [0.717, 1.165) is 10.4 Å². The minimum Gasteiger partial charge on any atom is -0.481 e. The van der Waals surface area contributed by atoms with Gasteiger partial charge in [0.1, 0.15) is 5.69 Å². The lowest BCUT2D eigenvalue weighted by molar-refractivity contribution is 0.102. The van der Waals surface area contributed by atoms with E-state index in [4.69, 9.17) is 9.15 Å². The minimum atomic E-state index is -0.295. The second-order valence-corrected chi connectivity index (χ2v) is 6.45. The smallest absolute Gasteiger partial charge is 0.257 e. The van der Waals surface area contributed by atoms with Crippen LogP contribution in [0.4, 0.5) is 5.13 Å². The maximum absolute atomic E-state index is 12.6. The maximum Gasteiger partial charge on any atom is 0.257 e. The number of pyridine rings is 2. The molecule has 4 heterocycles. The van der Waals surface area contributed by atoms with Crippen LogP contribution in [0.5, 0.6) is 5.88 Å². The van der Waals surface area contributed by atoms with Crippen LogP contribution >= 0.6 is 11.3 Å². The van der Waals surface area contributed by atoms with Gasteiger partial charge in [-0.1, -0.05) is 11.3 Å². The van der Waals surface area contributed by atoms with Gasteiger partial charge in [-0.15, -0.1) is 0 Å². The fourth-order valence-corrected chi connectivity index (χ4v) is 3.46. The fourth-order valence-electron chi connectivity index (χ4n) is 2.48. The molecule has 0 saturated heterocycles. The van der Waals surface area contributed by atoms with Gasteiger partial charge in [0.15, 0.2) is 10.9 Å². The summed E-state index contributed by atoms with van der Waals surface area (Å²) in [4.78, 5) is 26.1. The number of rotatable bonds is 5. The highest BCUT2D eigenvalue weighted by Gasteiger charge is 2.19. The van der Waals surface area contributed by atoms with E-state index in [1.54, 1.807) is 36.9 Å². The molecule has 0 bridgehead atoms. The van der Waals surface area contributed by atoms with Gasteiger partial charge in [-0.2, -0.15) is 0 Å². The first-order valence-electron chi connectivity index (χ1n) is 8.01. The molecule has 0 aliphatic carbocycles. The summed E-state index contributed by atoms with van der Waals surface area (Å²) in [5.41, 5.74) is 2.04. The molecule has 4 rings (SSSR count). The van der Waals surface area contributed by atoms with Crippen LogP contribution in [0.3, 0.4) is 0 Å². The summed E-state index contributed by atoms with van der Waals surface area (Å²) >= 11 is 1.37. The molecule has 1 amide bonds. The van der Waals surface area contributed by atoms with Gasteiger partial charge in [-0.3, -0.25) is 15.1 Å². The van der Waals surface area contributed by atoms with Gasteiger partial charge in [0, 0.05) is 30.2 Å². The Balaban J connectivity index is 1.68. The van der Waals surface area contributed by atoms with Crippen LogP contribution in [-0.2, 0) is 0 Å². The summed E-state index contributed by atoms with van der Waals surface area (Å²) in [7, 11) is 1.50. The minimum absolute atomic E-state index is 0.295. The van der Waals surface area contributed by atoms with Crippen LogP contribution in [0.1, 0.15) is 10.4 Å². The molecule has 7 nitrogen and oxygen atoms in total. The molecule has 0 atom stereocenters. The largest absolute Gasteiger partial charge is 0.481 e. The molecule has 0 unspecified atom stereocenters. The van der Waals surface area contributed by atoms with Crippen molar-refractivity contribution in [1.29, 1.82) is 0 Å². The Hall–Kier alpha value is -3.52. The van der Waals surface area contributed by atoms with Crippen LogP contribution in [0.25, 0.3) is 21.9 Å². The molecule has 4 aromatic rings. The monoisotopic (exact) mass is 378 g/mol. The molecule has 0 spiro atoms. The lowest BCUT2D eigenvalue weighted by Gasteiger charge is -2.03.